The fraction of sp³-hybridized carbons (Fsp3) is 0.333. The number of thiophene rings is 1. The van der Waals surface area contributed by atoms with Gasteiger partial charge in [-0.3, -0.25) is 19.3 Å². The van der Waals surface area contributed by atoms with Crippen LogP contribution >= 0.6 is 35.3 Å². The van der Waals surface area contributed by atoms with Crippen molar-refractivity contribution in [1.82, 2.24) is 4.90 Å². The molecule has 4 rings (SSSR count). The van der Waals surface area contributed by atoms with Gasteiger partial charge in [0.05, 0.1) is 17.6 Å². The lowest BCUT2D eigenvalue weighted by atomic mass is 9.95. The van der Waals surface area contributed by atoms with E-state index in [0.717, 1.165) is 41.7 Å². The van der Waals surface area contributed by atoms with Crippen molar-refractivity contribution in [3.8, 4) is 5.75 Å². The first-order valence-corrected chi connectivity index (χ1v) is 13.0. The number of aryl methyl sites for hydroxylation is 1. The van der Waals surface area contributed by atoms with Gasteiger partial charge in [0.1, 0.15) is 15.1 Å². The third-order valence-corrected chi connectivity index (χ3v) is 8.31. The summed E-state index contributed by atoms with van der Waals surface area (Å²) in [7, 11) is 1.59. The second-order valence-corrected chi connectivity index (χ2v) is 10.8. The SMILES string of the molecule is COc1cccc(/C=C2\SC(=S)N(CCCC(=O)Nc3sc4c(c3C(N)=O)CCCC4)C2=O)c1. The maximum absolute atomic E-state index is 12.8. The Hall–Kier alpha value is -2.69. The number of nitrogens with two attached hydrogens (primary N) is 1. The van der Waals surface area contributed by atoms with Crippen molar-refractivity contribution >= 4 is 68.4 Å². The Morgan fingerprint density at radius 3 is 2.85 bits per heavy atom. The van der Waals surface area contributed by atoms with Gasteiger partial charge in [-0.15, -0.1) is 11.3 Å². The molecule has 10 heteroatoms. The summed E-state index contributed by atoms with van der Waals surface area (Å²) in [5, 5.41) is 3.40. The molecule has 1 fully saturated rings. The fourth-order valence-electron chi connectivity index (χ4n) is 4.08. The average Bonchev–Trinajstić information content (AvgIpc) is 3.30. The maximum Gasteiger partial charge on any atom is 0.266 e. The fourth-order valence-corrected chi connectivity index (χ4v) is 6.70. The normalized spacial score (nSPS) is 16.6. The van der Waals surface area contributed by atoms with Crippen LogP contribution in [0.15, 0.2) is 29.2 Å². The number of thiocarbonyl (C=S) groups is 1. The summed E-state index contributed by atoms with van der Waals surface area (Å²) in [5.74, 6) is -0.171. The minimum absolute atomic E-state index is 0.167. The number of anilines is 1. The van der Waals surface area contributed by atoms with Crippen LogP contribution in [0.25, 0.3) is 6.08 Å². The third-order valence-electron chi connectivity index (χ3n) is 5.72. The van der Waals surface area contributed by atoms with E-state index in [9.17, 15) is 14.4 Å². The Balaban J connectivity index is 1.35. The van der Waals surface area contributed by atoms with Gasteiger partial charge in [-0.2, -0.15) is 0 Å². The van der Waals surface area contributed by atoms with Crippen LogP contribution < -0.4 is 15.8 Å². The van der Waals surface area contributed by atoms with E-state index in [4.69, 9.17) is 22.7 Å². The van der Waals surface area contributed by atoms with Crippen LogP contribution in [0.2, 0.25) is 0 Å². The zero-order valence-electron chi connectivity index (χ0n) is 18.7. The predicted molar refractivity (Wildman–Crippen MR) is 140 cm³/mol. The number of nitrogens with one attached hydrogen (secondary N) is 1. The van der Waals surface area contributed by atoms with Gasteiger partial charge in [0.25, 0.3) is 11.8 Å². The molecule has 3 N–H and O–H groups in total. The molecule has 0 unspecified atom stereocenters. The second kappa shape index (κ2) is 10.7. The highest BCUT2D eigenvalue weighted by molar-refractivity contribution is 8.26. The van der Waals surface area contributed by atoms with Crippen LogP contribution in [0.1, 0.15) is 52.0 Å². The summed E-state index contributed by atoms with van der Waals surface area (Å²) < 4.78 is 5.70. The number of methoxy groups -OCH3 is 1. The highest BCUT2D eigenvalue weighted by Crippen LogP contribution is 2.38. The summed E-state index contributed by atoms with van der Waals surface area (Å²) in [5.41, 5.74) is 7.89. The first-order chi connectivity index (χ1) is 16.4. The Morgan fingerprint density at radius 2 is 2.09 bits per heavy atom. The Kier molecular flexibility index (Phi) is 7.70. The number of fused-ring (bicyclic) bond motifs is 1. The molecule has 34 heavy (non-hydrogen) atoms. The molecule has 0 spiro atoms. The maximum atomic E-state index is 12.8. The van der Waals surface area contributed by atoms with Crippen LogP contribution in [0.3, 0.4) is 0 Å². The smallest absolute Gasteiger partial charge is 0.266 e. The number of thioether (sulfide) groups is 1. The van der Waals surface area contributed by atoms with Gasteiger partial charge in [0, 0.05) is 17.8 Å². The predicted octanol–water partition coefficient (Wildman–Crippen LogP) is 4.35. The molecule has 1 aliphatic carbocycles. The minimum Gasteiger partial charge on any atom is -0.497 e. The van der Waals surface area contributed by atoms with Crippen molar-refractivity contribution in [3.05, 3.63) is 50.7 Å². The van der Waals surface area contributed by atoms with Gasteiger partial charge in [-0.1, -0.05) is 36.1 Å². The van der Waals surface area contributed by atoms with Gasteiger partial charge < -0.3 is 15.8 Å². The topological polar surface area (TPSA) is 102 Å². The molecule has 1 aromatic heterocycles. The Labute approximate surface area is 211 Å². The average molecular weight is 516 g/mol. The van der Waals surface area contributed by atoms with E-state index in [1.165, 1.54) is 28.0 Å². The lowest BCUT2D eigenvalue weighted by molar-refractivity contribution is -0.122. The molecule has 0 saturated carbocycles. The van der Waals surface area contributed by atoms with E-state index in [1.807, 2.05) is 24.3 Å². The molecule has 7 nitrogen and oxygen atoms in total. The molecule has 2 heterocycles. The molecule has 1 aromatic carbocycles. The first kappa shape index (κ1) is 24.4. The highest BCUT2D eigenvalue weighted by atomic mass is 32.2. The van der Waals surface area contributed by atoms with Gasteiger partial charge >= 0.3 is 0 Å². The molecular formula is C24H25N3O4S3. The largest absolute Gasteiger partial charge is 0.497 e. The molecule has 3 amide bonds. The highest BCUT2D eigenvalue weighted by Gasteiger charge is 2.32. The van der Waals surface area contributed by atoms with Crippen molar-refractivity contribution in [2.24, 2.45) is 5.73 Å². The molecule has 0 atom stereocenters. The van der Waals surface area contributed by atoms with E-state index in [-0.39, 0.29) is 18.2 Å². The number of hydrogen-bond donors (Lipinski definition) is 2. The van der Waals surface area contributed by atoms with Gasteiger partial charge in [0.15, 0.2) is 0 Å². The minimum atomic E-state index is -0.505. The molecule has 2 aliphatic rings. The van der Waals surface area contributed by atoms with E-state index in [1.54, 1.807) is 13.2 Å². The summed E-state index contributed by atoms with van der Waals surface area (Å²) >= 11 is 8.09. The monoisotopic (exact) mass is 515 g/mol. The second-order valence-electron chi connectivity index (χ2n) is 8.04. The van der Waals surface area contributed by atoms with Gasteiger partial charge in [-0.05, 0) is 61.4 Å². The summed E-state index contributed by atoms with van der Waals surface area (Å²) in [4.78, 5) is 40.6. The number of rotatable bonds is 8. The molecule has 2 aromatic rings. The van der Waals surface area contributed by atoms with Crippen LogP contribution in [0.4, 0.5) is 5.00 Å². The number of benzene rings is 1. The number of nitrogens with zero attached hydrogens (tertiary/aromatic N) is 1. The number of primary amides is 1. The molecule has 1 aliphatic heterocycles. The standard InChI is InChI=1S/C24H25N3O4S3/c1-31-15-7-4-6-14(12-15)13-18-23(30)27(24(32)34-18)11-5-10-19(28)26-22-20(21(25)29)16-8-2-3-9-17(16)33-22/h4,6-7,12-13H,2-3,5,8-11H2,1H3,(H2,25,29)(H,26,28)/b18-13-. The molecule has 0 bridgehead atoms. The van der Waals surface area contributed by atoms with Crippen molar-refractivity contribution in [3.63, 3.8) is 0 Å². The van der Waals surface area contributed by atoms with Crippen LogP contribution in [-0.2, 0) is 22.4 Å². The van der Waals surface area contributed by atoms with Gasteiger partial charge in [-0.25, -0.2) is 0 Å². The van der Waals surface area contributed by atoms with Crippen molar-refractivity contribution in [2.75, 3.05) is 19.0 Å². The number of carbonyl (C=O) groups is 3. The first-order valence-electron chi connectivity index (χ1n) is 11.0. The van der Waals surface area contributed by atoms with Gasteiger partial charge in [0.2, 0.25) is 5.91 Å². The molecule has 1 saturated heterocycles. The zero-order chi connectivity index (χ0) is 24.2. The van der Waals surface area contributed by atoms with Crippen LogP contribution in [0.5, 0.6) is 5.75 Å². The Bertz CT molecular complexity index is 1190. The van der Waals surface area contributed by atoms with E-state index in [2.05, 4.69) is 5.32 Å². The summed E-state index contributed by atoms with van der Waals surface area (Å²) in [6, 6.07) is 7.44. The van der Waals surface area contributed by atoms with E-state index < -0.39 is 5.91 Å². The lowest BCUT2D eigenvalue weighted by Crippen LogP contribution is -2.29. The van der Waals surface area contributed by atoms with E-state index >= 15 is 0 Å². The van der Waals surface area contributed by atoms with Crippen LogP contribution in [0, 0.1) is 0 Å². The van der Waals surface area contributed by atoms with Crippen molar-refractivity contribution in [2.45, 2.75) is 38.5 Å². The number of amides is 3. The zero-order valence-corrected chi connectivity index (χ0v) is 21.2. The number of hydrogen-bond acceptors (Lipinski definition) is 7. The number of ether oxygens (including phenoxy) is 1. The quantitative estimate of drug-likeness (QED) is 0.400. The van der Waals surface area contributed by atoms with Crippen molar-refractivity contribution < 1.29 is 19.1 Å². The molecular weight excluding hydrogens is 490 g/mol. The summed E-state index contributed by atoms with van der Waals surface area (Å²) in [6.07, 6.45) is 6.27. The third kappa shape index (κ3) is 5.34. The Morgan fingerprint density at radius 1 is 1.29 bits per heavy atom. The lowest BCUT2D eigenvalue weighted by Gasteiger charge is -2.14. The number of carbonyl (C=O) groups excluding carboxylic acids is 3. The van der Waals surface area contributed by atoms with Crippen molar-refractivity contribution in [1.29, 1.82) is 0 Å². The molecule has 0 radical (unpaired) electrons. The van der Waals surface area contributed by atoms with Crippen LogP contribution in [-0.4, -0.2) is 40.6 Å². The van der Waals surface area contributed by atoms with E-state index in [0.29, 0.717) is 38.5 Å². The summed E-state index contributed by atoms with van der Waals surface area (Å²) in [6.45, 7) is 0.344. The molecule has 178 valence electrons.